The number of sulfone groups is 1. The molecule has 0 saturated carbocycles. The highest BCUT2D eigenvalue weighted by Crippen LogP contribution is 2.22. The predicted molar refractivity (Wildman–Crippen MR) is 72.3 cm³/mol. The van der Waals surface area contributed by atoms with Crippen LogP contribution in [-0.4, -0.2) is 31.0 Å². The number of halogens is 1. The molecule has 0 aromatic heterocycles. The number of amides is 1. The fraction of sp³-hybridized carbons (Fsp3) is 0.182. The lowest BCUT2D eigenvalue weighted by atomic mass is 10.1. The van der Waals surface area contributed by atoms with E-state index in [9.17, 15) is 23.3 Å². The molecule has 0 spiro atoms. The largest absolute Gasteiger partial charge is 0.345 e. The van der Waals surface area contributed by atoms with Gasteiger partial charge in [0.15, 0.2) is 9.84 Å². The van der Waals surface area contributed by atoms with E-state index in [1.165, 1.54) is 18.2 Å². The first-order valence-corrected chi connectivity index (χ1v) is 7.53. The molecule has 0 radical (unpaired) electrons. The van der Waals surface area contributed by atoms with Gasteiger partial charge in [0.2, 0.25) is 0 Å². The van der Waals surface area contributed by atoms with Crippen molar-refractivity contribution < 1.29 is 18.1 Å². The Balaban J connectivity index is 2.20. The number of nitrogens with zero attached hydrogens (tertiary/aromatic N) is 1. The number of hydrogen-bond donors (Lipinski definition) is 1. The van der Waals surface area contributed by atoms with Crippen molar-refractivity contribution in [2.24, 2.45) is 0 Å². The maximum atomic E-state index is 12.0. The standard InChI is InChI=1S/C11H9ClN2O5S/c12-10-2-1-8(14(16)17)5-9(10)11(15)13-7-3-4-20(18,19)6-7/h1-5,7H,6H2,(H,13,15). The first-order valence-electron chi connectivity index (χ1n) is 5.44. The predicted octanol–water partition coefficient (Wildman–Crippen LogP) is 1.29. The molecule has 1 atom stereocenters. The third kappa shape index (κ3) is 3.14. The summed E-state index contributed by atoms with van der Waals surface area (Å²) in [6.45, 7) is 0. The number of nitro groups is 1. The number of carbonyl (C=O) groups excluding carboxylic acids is 1. The summed E-state index contributed by atoms with van der Waals surface area (Å²) in [5.74, 6) is -0.892. The second-order valence-corrected chi connectivity index (χ2v) is 6.50. The van der Waals surface area contributed by atoms with Crippen molar-refractivity contribution in [1.29, 1.82) is 0 Å². The highest BCUT2D eigenvalue weighted by atomic mass is 35.5. The van der Waals surface area contributed by atoms with Crippen molar-refractivity contribution in [3.8, 4) is 0 Å². The number of carbonyl (C=O) groups is 1. The molecule has 1 N–H and O–H groups in total. The summed E-state index contributed by atoms with van der Waals surface area (Å²) < 4.78 is 22.4. The number of hydrogen-bond acceptors (Lipinski definition) is 5. The molecular formula is C11H9ClN2O5S. The van der Waals surface area contributed by atoms with Crippen LogP contribution in [0.4, 0.5) is 5.69 Å². The molecule has 0 aliphatic carbocycles. The minimum Gasteiger partial charge on any atom is -0.345 e. The summed E-state index contributed by atoms with van der Waals surface area (Å²) in [4.78, 5) is 22.0. The van der Waals surface area contributed by atoms with Crippen molar-refractivity contribution in [3.05, 3.63) is 50.4 Å². The van der Waals surface area contributed by atoms with E-state index < -0.39 is 26.7 Å². The zero-order valence-electron chi connectivity index (χ0n) is 9.95. The number of benzene rings is 1. The average Bonchev–Trinajstić information content (AvgIpc) is 2.68. The minimum atomic E-state index is -3.29. The van der Waals surface area contributed by atoms with Crippen LogP contribution in [0.5, 0.6) is 0 Å². The van der Waals surface area contributed by atoms with E-state index in [1.54, 1.807) is 0 Å². The van der Waals surface area contributed by atoms with Gasteiger partial charge in [0.1, 0.15) is 0 Å². The second-order valence-electron chi connectivity index (χ2n) is 4.16. The summed E-state index contributed by atoms with van der Waals surface area (Å²) in [6, 6.07) is 2.81. The van der Waals surface area contributed by atoms with Gasteiger partial charge in [-0.2, -0.15) is 0 Å². The van der Waals surface area contributed by atoms with E-state index in [0.29, 0.717) is 0 Å². The van der Waals surface area contributed by atoms with Crippen molar-refractivity contribution >= 4 is 33.0 Å². The van der Waals surface area contributed by atoms with Gasteiger partial charge < -0.3 is 5.32 Å². The van der Waals surface area contributed by atoms with Crippen LogP contribution in [0.15, 0.2) is 29.7 Å². The molecule has 106 valence electrons. The lowest BCUT2D eigenvalue weighted by Gasteiger charge is -2.10. The third-order valence-electron chi connectivity index (χ3n) is 2.65. The van der Waals surface area contributed by atoms with E-state index >= 15 is 0 Å². The van der Waals surface area contributed by atoms with Crippen LogP contribution in [0.3, 0.4) is 0 Å². The molecule has 2 rings (SSSR count). The number of rotatable bonds is 3. The Kier molecular flexibility index (Phi) is 3.78. The first kappa shape index (κ1) is 14.5. The highest BCUT2D eigenvalue weighted by Gasteiger charge is 2.24. The van der Waals surface area contributed by atoms with Crippen LogP contribution in [0, 0.1) is 10.1 Å². The lowest BCUT2D eigenvalue weighted by Crippen LogP contribution is -2.35. The molecule has 1 heterocycles. The molecule has 9 heteroatoms. The third-order valence-corrected chi connectivity index (χ3v) is 4.38. The Morgan fingerprint density at radius 3 is 2.70 bits per heavy atom. The SMILES string of the molecule is O=C(NC1C=CS(=O)(=O)C1)c1cc([N+](=O)[O-])ccc1Cl. The van der Waals surface area contributed by atoms with Gasteiger partial charge in [-0.3, -0.25) is 14.9 Å². The van der Waals surface area contributed by atoms with E-state index in [0.717, 1.165) is 11.5 Å². The van der Waals surface area contributed by atoms with Crippen LogP contribution in [0.25, 0.3) is 0 Å². The summed E-state index contributed by atoms with van der Waals surface area (Å²) >= 11 is 5.82. The molecule has 1 aromatic carbocycles. The molecule has 0 bridgehead atoms. The molecule has 1 aliphatic heterocycles. The van der Waals surface area contributed by atoms with E-state index in [4.69, 9.17) is 11.6 Å². The van der Waals surface area contributed by atoms with Gasteiger partial charge in [-0.05, 0) is 12.1 Å². The smallest absolute Gasteiger partial charge is 0.270 e. The fourth-order valence-electron chi connectivity index (χ4n) is 1.71. The highest BCUT2D eigenvalue weighted by molar-refractivity contribution is 7.94. The Bertz CT molecular complexity index is 714. The van der Waals surface area contributed by atoms with Crippen LogP contribution >= 0.6 is 11.6 Å². The minimum absolute atomic E-state index is 0.0536. The number of nitrogens with one attached hydrogen (secondary N) is 1. The van der Waals surface area contributed by atoms with Gasteiger partial charge in [-0.15, -0.1) is 0 Å². The maximum absolute atomic E-state index is 12.0. The second kappa shape index (κ2) is 5.22. The molecule has 7 nitrogen and oxygen atoms in total. The quantitative estimate of drug-likeness (QED) is 0.668. The summed E-state index contributed by atoms with van der Waals surface area (Å²) in [5.41, 5.74) is -0.340. The fourth-order valence-corrected chi connectivity index (χ4v) is 3.15. The van der Waals surface area contributed by atoms with Crippen LogP contribution in [-0.2, 0) is 9.84 Å². The summed E-state index contributed by atoms with van der Waals surface area (Å²) in [5, 5.41) is 14.2. The normalized spacial score (nSPS) is 19.8. The zero-order chi connectivity index (χ0) is 14.9. The number of non-ortho nitro benzene ring substituents is 1. The molecule has 20 heavy (non-hydrogen) atoms. The molecule has 1 aliphatic rings. The molecule has 1 amide bonds. The van der Waals surface area contributed by atoms with Crippen molar-refractivity contribution in [1.82, 2.24) is 5.32 Å². The Morgan fingerprint density at radius 2 is 2.15 bits per heavy atom. The first-order chi connectivity index (χ1) is 9.28. The molecule has 0 fully saturated rings. The Labute approximate surface area is 119 Å². The van der Waals surface area contributed by atoms with Crippen molar-refractivity contribution in [2.75, 3.05) is 5.75 Å². The Morgan fingerprint density at radius 1 is 1.45 bits per heavy atom. The van der Waals surface area contributed by atoms with Gasteiger partial charge >= 0.3 is 0 Å². The monoisotopic (exact) mass is 316 g/mol. The van der Waals surface area contributed by atoms with Crippen molar-refractivity contribution in [2.45, 2.75) is 6.04 Å². The van der Waals surface area contributed by atoms with E-state index in [-0.39, 0.29) is 22.0 Å². The Hall–Kier alpha value is -1.93. The van der Waals surface area contributed by atoms with Gasteiger partial charge in [0, 0.05) is 17.5 Å². The molecular weight excluding hydrogens is 308 g/mol. The van der Waals surface area contributed by atoms with E-state index in [2.05, 4.69) is 5.32 Å². The summed E-state index contributed by atoms with van der Waals surface area (Å²) in [7, 11) is -3.29. The average molecular weight is 317 g/mol. The van der Waals surface area contributed by atoms with Gasteiger partial charge in [-0.25, -0.2) is 8.42 Å². The van der Waals surface area contributed by atoms with Crippen LogP contribution in [0.1, 0.15) is 10.4 Å². The topological polar surface area (TPSA) is 106 Å². The molecule has 0 saturated heterocycles. The maximum Gasteiger partial charge on any atom is 0.270 e. The van der Waals surface area contributed by atoms with Gasteiger partial charge in [-0.1, -0.05) is 11.6 Å². The molecule has 1 aromatic rings. The number of nitro benzene ring substituents is 1. The van der Waals surface area contributed by atoms with E-state index in [1.807, 2.05) is 0 Å². The van der Waals surface area contributed by atoms with Gasteiger partial charge in [0.05, 0.1) is 27.3 Å². The van der Waals surface area contributed by atoms with Crippen molar-refractivity contribution in [3.63, 3.8) is 0 Å². The van der Waals surface area contributed by atoms with Crippen LogP contribution < -0.4 is 5.32 Å². The van der Waals surface area contributed by atoms with Gasteiger partial charge in [0.25, 0.3) is 11.6 Å². The van der Waals surface area contributed by atoms with Crippen LogP contribution in [0.2, 0.25) is 5.02 Å². The zero-order valence-corrected chi connectivity index (χ0v) is 11.5. The lowest BCUT2D eigenvalue weighted by molar-refractivity contribution is -0.384. The molecule has 1 unspecified atom stereocenters. The summed E-state index contributed by atoms with van der Waals surface area (Å²) in [6.07, 6.45) is 1.35.